The van der Waals surface area contributed by atoms with Gasteiger partial charge in [-0.3, -0.25) is 5.43 Å². The maximum absolute atomic E-state index is 12.6. The molecule has 1 atom stereocenters. The molecule has 1 N–H and O–H groups in total. The van der Waals surface area contributed by atoms with Crippen LogP contribution >= 0.6 is 0 Å². The molecule has 0 aliphatic heterocycles. The molecule has 0 spiro atoms. The first-order valence-electron chi connectivity index (χ1n) is 8.42. The van der Waals surface area contributed by atoms with E-state index in [4.69, 9.17) is 0 Å². The van der Waals surface area contributed by atoms with Gasteiger partial charge in [-0.15, -0.1) is 0 Å². The van der Waals surface area contributed by atoms with Crippen molar-refractivity contribution < 1.29 is 8.42 Å². The van der Waals surface area contributed by atoms with Crippen LogP contribution in [0.25, 0.3) is 0 Å². The van der Waals surface area contributed by atoms with Gasteiger partial charge in [-0.25, -0.2) is 8.42 Å². The highest BCUT2D eigenvalue weighted by Gasteiger charge is 2.17. The summed E-state index contributed by atoms with van der Waals surface area (Å²) < 4.78 is 25.2. The van der Waals surface area contributed by atoms with Crippen LogP contribution in [0.1, 0.15) is 24.8 Å². The molecule has 3 rings (SSSR count). The molecule has 5 heteroatoms. The molecule has 25 heavy (non-hydrogen) atoms. The summed E-state index contributed by atoms with van der Waals surface area (Å²) in [5.74, 6) is 0.471. The van der Waals surface area contributed by atoms with E-state index >= 15 is 0 Å². The fourth-order valence-electron chi connectivity index (χ4n) is 2.73. The van der Waals surface area contributed by atoms with Gasteiger partial charge in [0.2, 0.25) is 9.84 Å². The molecular formula is C20H22N2O2S. The number of nitrogens with one attached hydrogen (secondary N) is 1. The summed E-state index contributed by atoms with van der Waals surface area (Å²) in [4.78, 5) is 0.588. The Balaban J connectivity index is 1.68. The van der Waals surface area contributed by atoms with Crippen molar-refractivity contribution in [2.75, 3.05) is 5.43 Å². The van der Waals surface area contributed by atoms with Crippen LogP contribution in [0.15, 0.2) is 75.6 Å². The second kappa shape index (κ2) is 7.66. The average molecular weight is 354 g/mol. The van der Waals surface area contributed by atoms with Gasteiger partial charge in [-0.05, 0) is 68.5 Å². The summed E-state index contributed by atoms with van der Waals surface area (Å²) >= 11 is 0. The highest BCUT2D eigenvalue weighted by Crippen LogP contribution is 2.23. The third-order valence-corrected chi connectivity index (χ3v) is 6.07. The Kier molecular flexibility index (Phi) is 5.34. The molecule has 0 radical (unpaired) electrons. The van der Waals surface area contributed by atoms with Crippen molar-refractivity contribution in [3.05, 3.63) is 66.2 Å². The van der Waals surface area contributed by atoms with Gasteiger partial charge in [0, 0.05) is 6.21 Å². The Morgan fingerprint density at radius 3 is 2.24 bits per heavy atom. The zero-order valence-electron chi connectivity index (χ0n) is 14.2. The van der Waals surface area contributed by atoms with Gasteiger partial charge in [0.15, 0.2) is 0 Å². The molecule has 0 unspecified atom stereocenters. The van der Waals surface area contributed by atoms with Crippen molar-refractivity contribution in [2.24, 2.45) is 11.0 Å². The van der Waals surface area contributed by atoms with E-state index < -0.39 is 9.84 Å². The number of aryl methyl sites for hydroxylation is 1. The normalized spacial score (nSPS) is 17.7. The predicted octanol–water partition coefficient (Wildman–Crippen LogP) is 4.58. The average Bonchev–Trinajstić information content (AvgIpc) is 2.63. The second-order valence-electron chi connectivity index (χ2n) is 6.28. The zero-order chi connectivity index (χ0) is 17.7. The molecule has 0 heterocycles. The number of hydrogen-bond acceptors (Lipinski definition) is 4. The van der Waals surface area contributed by atoms with Crippen molar-refractivity contribution in [1.29, 1.82) is 0 Å². The maximum Gasteiger partial charge on any atom is 0.206 e. The highest BCUT2D eigenvalue weighted by molar-refractivity contribution is 7.91. The monoisotopic (exact) mass is 354 g/mol. The third-order valence-electron chi connectivity index (χ3n) is 4.28. The van der Waals surface area contributed by atoms with Crippen LogP contribution in [0, 0.1) is 12.8 Å². The molecular weight excluding hydrogens is 332 g/mol. The van der Waals surface area contributed by atoms with E-state index in [0.29, 0.717) is 10.8 Å². The van der Waals surface area contributed by atoms with Crippen LogP contribution in [0.5, 0.6) is 0 Å². The molecule has 1 aliphatic carbocycles. The van der Waals surface area contributed by atoms with Crippen LogP contribution in [-0.2, 0) is 9.84 Å². The van der Waals surface area contributed by atoms with E-state index in [2.05, 4.69) is 22.7 Å². The fourth-order valence-corrected chi connectivity index (χ4v) is 3.99. The van der Waals surface area contributed by atoms with Crippen molar-refractivity contribution in [3.8, 4) is 0 Å². The lowest BCUT2D eigenvalue weighted by molar-refractivity contribution is 0.596. The van der Waals surface area contributed by atoms with E-state index in [0.717, 1.165) is 30.5 Å². The van der Waals surface area contributed by atoms with E-state index in [1.165, 1.54) is 0 Å². The number of nitrogens with zero attached hydrogens (tertiary/aromatic N) is 1. The van der Waals surface area contributed by atoms with Crippen molar-refractivity contribution in [1.82, 2.24) is 0 Å². The summed E-state index contributed by atoms with van der Waals surface area (Å²) in [6.07, 6.45) is 9.56. The third kappa shape index (κ3) is 4.37. The van der Waals surface area contributed by atoms with Crippen LogP contribution in [0.2, 0.25) is 0 Å². The summed E-state index contributed by atoms with van der Waals surface area (Å²) in [5.41, 5.74) is 4.77. The number of hydrogen-bond donors (Lipinski definition) is 1. The van der Waals surface area contributed by atoms with Gasteiger partial charge < -0.3 is 0 Å². The zero-order valence-corrected chi connectivity index (χ0v) is 15.0. The lowest BCUT2D eigenvalue weighted by atomic mass is 9.96. The van der Waals surface area contributed by atoms with Crippen LogP contribution < -0.4 is 5.43 Å². The maximum atomic E-state index is 12.6. The van der Waals surface area contributed by atoms with Gasteiger partial charge in [-0.2, -0.15) is 5.10 Å². The molecule has 0 aromatic heterocycles. The van der Waals surface area contributed by atoms with Gasteiger partial charge >= 0.3 is 0 Å². The number of anilines is 1. The Hall–Kier alpha value is -2.40. The molecule has 0 fully saturated rings. The summed E-state index contributed by atoms with van der Waals surface area (Å²) in [6.45, 7) is 1.93. The first-order chi connectivity index (χ1) is 12.1. The lowest BCUT2D eigenvalue weighted by Crippen LogP contribution is -2.05. The van der Waals surface area contributed by atoms with Gasteiger partial charge in [-0.1, -0.05) is 29.8 Å². The SMILES string of the molecule is Cc1ccc(S(=O)(=O)c2ccc(N/N=C\[C@H]3CC=CCC3)cc2)cc1. The molecule has 130 valence electrons. The summed E-state index contributed by atoms with van der Waals surface area (Å²) in [5, 5.41) is 4.27. The summed E-state index contributed by atoms with van der Waals surface area (Å²) in [7, 11) is -3.48. The minimum absolute atomic E-state index is 0.281. The molecule has 1 aliphatic rings. The number of rotatable bonds is 5. The minimum atomic E-state index is -3.48. The molecule has 0 saturated carbocycles. The number of sulfone groups is 1. The quantitative estimate of drug-likeness (QED) is 0.486. The highest BCUT2D eigenvalue weighted by atomic mass is 32.2. The molecule has 4 nitrogen and oxygen atoms in total. The first kappa shape index (κ1) is 17.4. The Bertz CT molecular complexity index is 867. The molecule has 2 aromatic rings. The molecule has 0 saturated heterocycles. The van der Waals surface area contributed by atoms with Gasteiger partial charge in [0.25, 0.3) is 0 Å². The fraction of sp³-hybridized carbons (Fsp3) is 0.250. The van der Waals surface area contributed by atoms with Crippen LogP contribution in [0.3, 0.4) is 0 Å². The van der Waals surface area contributed by atoms with Crippen LogP contribution in [-0.4, -0.2) is 14.6 Å². The smallest absolute Gasteiger partial charge is 0.206 e. The van der Waals surface area contributed by atoms with E-state index in [1.807, 2.05) is 13.1 Å². The van der Waals surface area contributed by atoms with E-state index in [-0.39, 0.29) is 4.90 Å². The standard InChI is InChI=1S/C20H22N2O2S/c1-16-7-11-19(12-8-16)25(23,24)20-13-9-18(10-14-20)22-21-15-17-5-3-2-4-6-17/h2-3,7-15,17,22H,4-6H2,1H3/b21-15-/t17-/m0/s1. The summed E-state index contributed by atoms with van der Waals surface area (Å²) in [6, 6.07) is 13.6. The first-order valence-corrected chi connectivity index (χ1v) is 9.90. The van der Waals surface area contributed by atoms with Crippen molar-refractivity contribution in [3.63, 3.8) is 0 Å². The number of allylic oxidation sites excluding steroid dienone is 2. The van der Waals surface area contributed by atoms with E-state index in [9.17, 15) is 8.42 Å². The van der Waals surface area contributed by atoms with Crippen molar-refractivity contribution in [2.45, 2.75) is 36.0 Å². The second-order valence-corrected chi connectivity index (χ2v) is 8.23. The van der Waals surface area contributed by atoms with Crippen LogP contribution in [0.4, 0.5) is 5.69 Å². The van der Waals surface area contributed by atoms with Crippen molar-refractivity contribution >= 4 is 21.7 Å². The molecule has 0 bridgehead atoms. The molecule has 2 aromatic carbocycles. The predicted molar refractivity (Wildman–Crippen MR) is 102 cm³/mol. The lowest BCUT2D eigenvalue weighted by Gasteiger charge is -2.12. The Morgan fingerprint density at radius 1 is 1.00 bits per heavy atom. The van der Waals surface area contributed by atoms with E-state index in [1.54, 1.807) is 48.5 Å². The topological polar surface area (TPSA) is 58.5 Å². The molecule has 0 amide bonds. The largest absolute Gasteiger partial charge is 0.279 e. The Labute approximate surface area is 149 Å². The van der Waals surface area contributed by atoms with Gasteiger partial charge in [0.1, 0.15) is 0 Å². The minimum Gasteiger partial charge on any atom is -0.279 e. The number of benzene rings is 2. The number of hydrazone groups is 1. The van der Waals surface area contributed by atoms with Gasteiger partial charge in [0.05, 0.1) is 15.5 Å². The Morgan fingerprint density at radius 2 is 1.64 bits per heavy atom.